The molecule has 3 rings (SSSR count). The Balaban J connectivity index is 1.68. The summed E-state index contributed by atoms with van der Waals surface area (Å²) in [5.41, 5.74) is 1.80. The van der Waals surface area contributed by atoms with E-state index < -0.39 is 0 Å². The average Bonchev–Trinajstić information content (AvgIpc) is 3.24. The second-order valence-corrected chi connectivity index (χ2v) is 8.77. The monoisotopic (exact) mass is 431 g/mol. The van der Waals surface area contributed by atoms with Gasteiger partial charge in [-0.1, -0.05) is 11.3 Å². The summed E-state index contributed by atoms with van der Waals surface area (Å²) in [7, 11) is 4.03. The maximum atomic E-state index is 12.3. The van der Waals surface area contributed by atoms with Gasteiger partial charge in [0.2, 0.25) is 0 Å². The largest absolute Gasteiger partial charge is 0.492 e. The number of aromatic nitrogens is 1. The molecule has 2 N–H and O–H groups in total. The number of benzene rings is 1. The van der Waals surface area contributed by atoms with E-state index in [-0.39, 0.29) is 5.91 Å². The van der Waals surface area contributed by atoms with Crippen LogP contribution in [-0.4, -0.2) is 54.8 Å². The molecule has 0 saturated carbocycles. The first-order valence-electron chi connectivity index (χ1n) is 9.32. The zero-order chi connectivity index (χ0) is 20.8. The fourth-order valence-electron chi connectivity index (χ4n) is 2.49. The van der Waals surface area contributed by atoms with Crippen molar-refractivity contribution in [3.8, 4) is 5.75 Å². The van der Waals surface area contributed by atoms with Gasteiger partial charge in [0.25, 0.3) is 5.91 Å². The van der Waals surface area contributed by atoms with Gasteiger partial charge in [-0.3, -0.25) is 4.79 Å². The lowest BCUT2D eigenvalue weighted by Gasteiger charge is -2.12. The van der Waals surface area contributed by atoms with Crippen molar-refractivity contribution >= 4 is 51.1 Å². The molecule has 1 fully saturated rings. The van der Waals surface area contributed by atoms with Crippen molar-refractivity contribution in [1.82, 2.24) is 15.2 Å². The lowest BCUT2D eigenvalue weighted by atomic mass is 10.2. The first-order valence-corrected chi connectivity index (χ1v) is 11.0. The molecule has 7 nitrogen and oxygen atoms in total. The molecule has 0 aliphatic carbocycles. The quantitative estimate of drug-likeness (QED) is 0.621. The van der Waals surface area contributed by atoms with Crippen LogP contribution in [-0.2, 0) is 4.79 Å². The van der Waals surface area contributed by atoms with Crippen LogP contribution in [0.25, 0.3) is 6.08 Å². The van der Waals surface area contributed by atoms with Crippen LogP contribution < -0.4 is 15.4 Å². The third-order valence-electron chi connectivity index (χ3n) is 3.97. The number of likely N-dealkylation sites (N-methyl/N-ethyl adjacent to an activating group) is 1. The fourth-order valence-corrected chi connectivity index (χ4v) is 4.22. The maximum Gasteiger partial charge on any atom is 0.264 e. The molecule has 0 atom stereocenters. The molecule has 1 aliphatic heterocycles. The minimum Gasteiger partial charge on any atom is -0.492 e. The number of amidine groups is 1. The average molecular weight is 432 g/mol. The van der Waals surface area contributed by atoms with Crippen molar-refractivity contribution in [3.63, 3.8) is 0 Å². The van der Waals surface area contributed by atoms with Crippen molar-refractivity contribution in [3.05, 3.63) is 39.7 Å². The molecule has 29 heavy (non-hydrogen) atoms. The van der Waals surface area contributed by atoms with Crippen LogP contribution in [0.4, 0.5) is 10.8 Å². The van der Waals surface area contributed by atoms with Crippen molar-refractivity contribution in [2.45, 2.75) is 13.8 Å². The summed E-state index contributed by atoms with van der Waals surface area (Å²) in [5.74, 6) is 0.673. The van der Waals surface area contributed by atoms with E-state index in [0.717, 1.165) is 40.1 Å². The van der Waals surface area contributed by atoms with Crippen LogP contribution >= 0.6 is 23.1 Å². The molecular weight excluding hydrogens is 406 g/mol. The Bertz CT molecular complexity index is 937. The van der Waals surface area contributed by atoms with Gasteiger partial charge < -0.3 is 20.3 Å². The van der Waals surface area contributed by atoms with Crippen LogP contribution in [0.5, 0.6) is 5.75 Å². The molecule has 0 spiro atoms. The highest BCUT2D eigenvalue weighted by Gasteiger charge is 2.24. The number of nitrogens with zero attached hydrogens (tertiary/aromatic N) is 3. The molecule has 1 saturated heterocycles. The maximum absolute atomic E-state index is 12.3. The molecule has 0 radical (unpaired) electrons. The summed E-state index contributed by atoms with van der Waals surface area (Å²) >= 11 is 2.85. The van der Waals surface area contributed by atoms with Gasteiger partial charge in [-0.25, -0.2) is 9.98 Å². The Labute approximate surface area is 179 Å². The lowest BCUT2D eigenvalue weighted by molar-refractivity contribution is -0.115. The number of amides is 1. The SMILES string of the molecule is CCNc1ncc(/C=C2\S/C(=N\c3ccc(OCCN(C)C)cc3C)NC2=O)s1. The number of nitrogens with one attached hydrogen (secondary N) is 2. The number of anilines is 1. The molecule has 0 bridgehead atoms. The van der Waals surface area contributed by atoms with Crippen LogP contribution in [0.1, 0.15) is 17.4 Å². The smallest absolute Gasteiger partial charge is 0.264 e. The number of rotatable bonds is 8. The van der Waals surface area contributed by atoms with Crippen LogP contribution in [0.15, 0.2) is 34.3 Å². The topological polar surface area (TPSA) is 78.9 Å². The molecule has 1 aromatic carbocycles. The number of hydrogen-bond donors (Lipinski definition) is 2. The van der Waals surface area contributed by atoms with Crippen LogP contribution in [0.2, 0.25) is 0 Å². The Morgan fingerprint density at radius 2 is 2.21 bits per heavy atom. The molecule has 2 heterocycles. The Morgan fingerprint density at radius 1 is 1.38 bits per heavy atom. The van der Waals surface area contributed by atoms with Crippen molar-refractivity contribution in [2.24, 2.45) is 4.99 Å². The predicted octanol–water partition coefficient (Wildman–Crippen LogP) is 3.72. The van der Waals surface area contributed by atoms with Crippen molar-refractivity contribution in [2.75, 3.05) is 39.1 Å². The highest BCUT2D eigenvalue weighted by molar-refractivity contribution is 8.18. The number of thioether (sulfide) groups is 1. The summed E-state index contributed by atoms with van der Waals surface area (Å²) in [4.78, 5) is 24.8. The third-order valence-corrected chi connectivity index (χ3v) is 5.79. The van der Waals surface area contributed by atoms with Gasteiger partial charge in [0, 0.05) is 19.3 Å². The van der Waals surface area contributed by atoms with E-state index in [4.69, 9.17) is 4.74 Å². The summed E-state index contributed by atoms with van der Waals surface area (Å²) in [6, 6.07) is 5.78. The minimum atomic E-state index is -0.145. The number of carbonyl (C=O) groups is 1. The normalized spacial score (nSPS) is 16.7. The Hall–Kier alpha value is -2.36. The molecule has 1 aliphatic rings. The van der Waals surface area contributed by atoms with Gasteiger partial charge in [-0.15, -0.1) is 0 Å². The number of aliphatic imine (C=N–C) groups is 1. The molecule has 1 aromatic heterocycles. The molecular formula is C20H25N5O2S2. The number of thiazole rings is 1. The number of ether oxygens (including phenoxy) is 1. The molecule has 9 heteroatoms. The zero-order valence-corrected chi connectivity index (χ0v) is 18.6. The summed E-state index contributed by atoms with van der Waals surface area (Å²) in [6.07, 6.45) is 3.60. The van der Waals surface area contributed by atoms with Gasteiger partial charge in [0.1, 0.15) is 12.4 Å². The zero-order valence-electron chi connectivity index (χ0n) is 17.0. The van der Waals surface area contributed by atoms with E-state index in [9.17, 15) is 4.79 Å². The van der Waals surface area contributed by atoms with Gasteiger partial charge in [0.15, 0.2) is 10.3 Å². The van der Waals surface area contributed by atoms with E-state index >= 15 is 0 Å². The second-order valence-electron chi connectivity index (χ2n) is 6.68. The first-order chi connectivity index (χ1) is 13.9. The first kappa shape index (κ1) is 21.4. The van der Waals surface area contributed by atoms with Gasteiger partial charge in [-0.05, 0) is 69.5 Å². The highest BCUT2D eigenvalue weighted by Crippen LogP contribution is 2.31. The van der Waals surface area contributed by atoms with E-state index in [2.05, 4.69) is 25.5 Å². The second kappa shape index (κ2) is 9.91. The van der Waals surface area contributed by atoms with E-state index in [1.165, 1.54) is 23.1 Å². The number of carbonyl (C=O) groups excluding carboxylic acids is 1. The van der Waals surface area contributed by atoms with Crippen molar-refractivity contribution < 1.29 is 9.53 Å². The summed E-state index contributed by atoms with van der Waals surface area (Å²) in [6.45, 7) is 6.31. The van der Waals surface area contributed by atoms with Crippen LogP contribution in [0.3, 0.4) is 0 Å². The molecule has 154 valence electrons. The molecule has 1 amide bonds. The molecule has 2 aromatic rings. The summed E-state index contributed by atoms with van der Waals surface area (Å²) < 4.78 is 5.76. The van der Waals surface area contributed by atoms with Crippen LogP contribution in [0, 0.1) is 6.92 Å². The van der Waals surface area contributed by atoms with Gasteiger partial charge >= 0.3 is 0 Å². The lowest BCUT2D eigenvalue weighted by Crippen LogP contribution is -2.19. The Kier molecular flexibility index (Phi) is 7.29. The fraction of sp³-hybridized carbons (Fsp3) is 0.350. The van der Waals surface area contributed by atoms with E-state index in [1.807, 2.05) is 52.2 Å². The third kappa shape index (κ3) is 6.06. The van der Waals surface area contributed by atoms with Crippen molar-refractivity contribution in [1.29, 1.82) is 0 Å². The standard InChI is InChI=1S/C20H25N5O2S2/c1-5-21-19-22-12-15(28-19)11-17-18(26)24-20(29-17)23-16-7-6-14(10-13(16)2)27-9-8-25(3)4/h6-7,10-12H,5,8-9H2,1-4H3,(H,21,22)(H,23,24,26)/b17-11-. The van der Waals surface area contributed by atoms with E-state index in [0.29, 0.717) is 16.7 Å². The molecule has 0 unspecified atom stereocenters. The van der Waals surface area contributed by atoms with Gasteiger partial charge in [-0.2, -0.15) is 0 Å². The number of hydrogen-bond acceptors (Lipinski definition) is 8. The van der Waals surface area contributed by atoms with E-state index in [1.54, 1.807) is 6.20 Å². The minimum absolute atomic E-state index is 0.145. The Morgan fingerprint density at radius 3 is 2.93 bits per heavy atom. The summed E-state index contributed by atoms with van der Waals surface area (Å²) in [5, 5.41) is 7.42. The van der Waals surface area contributed by atoms with Gasteiger partial charge in [0.05, 0.1) is 15.5 Å². The predicted molar refractivity (Wildman–Crippen MR) is 122 cm³/mol. The number of aryl methyl sites for hydroxylation is 1. The highest BCUT2D eigenvalue weighted by atomic mass is 32.2.